The first-order chi connectivity index (χ1) is 12.7. The predicted molar refractivity (Wildman–Crippen MR) is 104 cm³/mol. The summed E-state index contributed by atoms with van der Waals surface area (Å²) in [7, 11) is 3.28. The van der Waals surface area contributed by atoms with Crippen molar-refractivity contribution < 1.29 is 9.47 Å². The average molecular weight is 344 g/mol. The topological polar surface area (TPSA) is 36.3 Å². The molecule has 0 aliphatic heterocycles. The van der Waals surface area contributed by atoms with Gasteiger partial charge in [-0.25, -0.2) is 4.98 Å². The number of aromatic nitrogens is 2. The lowest BCUT2D eigenvalue weighted by Gasteiger charge is -2.12. The highest BCUT2D eigenvalue weighted by molar-refractivity contribution is 5.83. The summed E-state index contributed by atoms with van der Waals surface area (Å²) in [6, 6.07) is 22.5. The van der Waals surface area contributed by atoms with Gasteiger partial charge in [0.15, 0.2) is 11.5 Å². The van der Waals surface area contributed by atoms with Crippen LogP contribution in [0.5, 0.6) is 11.5 Å². The van der Waals surface area contributed by atoms with Crippen molar-refractivity contribution in [2.24, 2.45) is 0 Å². The molecule has 26 heavy (non-hydrogen) atoms. The molecule has 0 radical (unpaired) electrons. The molecule has 0 aliphatic carbocycles. The van der Waals surface area contributed by atoms with Crippen molar-refractivity contribution in [3.8, 4) is 28.6 Å². The molecule has 0 N–H and O–H groups in total. The summed E-state index contributed by atoms with van der Waals surface area (Å²) >= 11 is 0. The molecule has 0 saturated heterocycles. The fourth-order valence-electron chi connectivity index (χ4n) is 3.15. The normalized spacial score (nSPS) is 10.9. The van der Waals surface area contributed by atoms with E-state index in [2.05, 4.69) is 41.8 Å². The largest absolute Gasteiger partial charge is 0.493 e. The van der Waals surface area contributed by atoms with Crippen LogP contribution >= 0.6 is 0 Å². The van der Waals surface area contributed by atoms with Crippen LogP contribution < -0.4 is 9.47 Å². The summed E-state index contributed by atoms with van der Waals surface area (Å²) in [6.07, 6.45) is 0. The zero-order valence-corrected chi connectivity index (χ0v) is 15.1. The van der Waals surface area contributed by atoms with Gasteiger partial charge in [0.1, 0.15) is 5.82 Å². The number of hydrogen-bond donors (Lipinski definition) is 0. The van der Waals surface area contributed by atoms with E-state index >= 15 is 0 Å². The van der Waals surface area contributed by atoms with Gasteiger partial charge in [-0.1, -0.05) is 29.8 Å². The van der Waals surface area contributed by atoms with Crippen LogP contribution in [0.3, 0.4) is 0 Å². The third kappa shape index (κ3) is 2.69. The molecule has 0 saturated carbocycles. The van der Waals surface area contributed by atoms with Crippen molar-refractivity contribution >= 4 is 11.0 Å². The average Bonchev–Trinajstić information content (AvgIpc) is 3.07. The molecule has 0 fully saturated rings. The van der Waals surface area contributed by atoms with Gasteiger partial charge in [-0.05, 0) is 49.4 Å². The third-order valence-corrected chi connectivity index (χ3v) is 4.49. The summed E-state index contributed by atoms with van der Waals surface area (Å²) in [6.45, 7) is 2.09. The Balaban J connectivity index is 1.98. The molecule has 0 amide bonds. The second-order valence-corrected chi connectivity index (χ2v) is 6.16. The predicted octanol–water partition coefficient (Wildman–Crippen LogP) is 5.02. The molecular weight excluding hydrogens is 324 g/mol. The molecular formula is C22H20N2O2. The third-order valence-electron chi connectivity index (χ3n) is 4.49. The maximum absolute atomic E-state index is 5.47. The number of ether oxygens (including phenoxy) is 2. The lowest BCUT2D eigenvalue weighted by atomic mass is 10.1. The van der Waals surface area contributed by atoms with Crippen LogP contribution in [0.4, 0.5) is 0 Å². The van der Waals surface area contributed by atoms with E-state index in [0.717, 1.165) is 28.1 Å². The number of imidazole rings is 1. The summed E-state index contributed by atoms with van der Waals surface area (Å²) in [5.74, 6) is 2.26. The van der Waals surface area contributed by atoms with E-state index in [1.54, 1.807) is 14.2 Å². The molecule has 4 nitrogen and oxygen atoms in total. The molecule has 0 spiro atoms. The number of methoxy groups -OCH3 is 2. The molecule has 0 bridgehead atoms. The first kappa shape index (κ1) is 16.2. The second-order valence-electron chi connectivity index (χ2n) is 6.16. The lowest BCUT2D eigenvalue weighted by Crippen LogP contribution is -1.98. The van der Waals surface area contributed by atoms with E-state index in [0.29, 0.717) is 11.5 Å². The van der Waals surface area contributed by atoms with Gasteiger partial charge in [0.05, 0.1) is 25.3 Å². The van der Waals surface area contributed by atoms with Crippen LogP contribution in [0, 0.1) is 6.92 Å². The van der Waals surface area contributed by atoms with Gasteiger partial charge in [0.2, 0.25) is 0 Å². The van der Waals surface area contributed by atoms with Crippen LogP contribution in [-0.4, -0.2) is 23.8 Å². The van der Waals surface area contributed by atoms with E-state index < -0.39 is 0 Å². The second kappa shape index (κ2) is 6.56. The van der Waals surface area contributed by atoms with Crippen LogP contribution in [-0.2, 0) is 0 Å². The van der Waals surface area contributed by atoms with Crippen molar-refractivity contribution in [2.75, 3.05) is 14.2 Å². The van der Waals surface area contributed by atoms with Gasteiger partial charge in [-0.3, -0.25) is 4.57 Å². The Morgan fingerprint density at radius 2 is 1.54 bits per heavy atom. The summed E-state index contributed by atoms with van der Waals surface area (Å²) in [5, 5.41) is 0. The van der Waals surface area contributed by atoms with Gasteiger partial charge < -0.3 is 9.47 Å². The molecule has 4 aromatic rings. The molecule has 0 aliphatic rings. The Kier molecular flexibility index (Phi) is 4.09. The fourth-order valence-corrected chi connectivity index (χ4v) is 3.15. The van der Waals surface area contributed by atoms with Crippen LogP contribution in [0.2, 0.25) is 0 Å². The van der Waals surface area contributed by atoms with Gasteiger partial charge in [-0.15, -0.1) is 0 Å². The first-order valence-electron chi connectivity index (χ1n) is 8.48. The standard InChI is InChI=1S/C22H20N2O2/c1-15-8-11-17(12-9-15)24-19-7-5-4-6-18(19)23-22(24)16-10-13-20(25-2)21(14-16)26-3/h4-14H,1-3H3. The fraction of sp³-hybridized carbons (Fsp3) is 0.136. The van der Waals surface area contributed by atoms with Crippen LogP contribution in [0.25, 0.3) is 28.1 Å². The highest BCUT2D eigenvalue weighted by Crippen LogP contribution is 2.34. The van der Waals surface area contributed by atoms with Gasteiger partial charge in [0.25, 0.3) is 0 Å². The summed E-state index contributed by atoms with van der Waals surface area (Å²) < 4.78 is 13.0. The number of fused-ring (bicyclic) bond motifs is 1. The van der Waals surface area contributed by atoms with E-state index in [-0.39, 0.29) is 0 Å². The Morgan fingerprint density at radius 3 is 2.27 bits per heavy atom. The van der Waals surface area contributed by atoms with Gasteiger partial charge in [0, 0.05) is 11.3 Å². The van der Waals surface area contributed by atoms with E-state index in [1.807, 2.05) is 36.4 Å². The minimum atomic E-state index is 0.688. The maximum Gasteiger partial charge on any atom is 0.161 e. The van der Waals surface area contributed by atoms with Crippen molar-refractivity contribution in [1.29, 1.82) is 0 Å². The maximum atomic E-state index is 5.47. The minimum Gasteiger partial charge on any atom is -0.493 e. The van der Waals surface area contributed by atoms with Crippen molar-refractivity contribution in [2.45, 2.75) is 6.92 Å². The number of nitrogens with zero attached hydrogens (tertiary/aromatic N) is 2. The lowest BCUT2D eigenvalue weighted by molar-refractivity contribution is 0.355. The number of para-hydroxylation sites is 2. The van der Waals surface area contributed by atoms with Gasteiger partial charge >= 0.3 is 0 Å². The van der Waals surface area contributed by atoms with Crippen molar-refractivity contribution in [3.05, 3.63) is 72.3 Å². The zero-order valence-electron chi connectivity index (χ0n) is 15.1. The molecule has 0 atom stereocenters. The van der Waals surface area contributed by atoms with Crippen LogP contribution in [0.1, 0.15) is 5.56 Å². The van der Waals surface area contributed by atoms with Crippen LogP contribution in [0.15, 0.2) is 66.7 Å². The highest BCUT2D eigenvalue weighted by atomic mass is 16.5. The number of aryl methyl sites for hydroxylation is 1. The highest BCUT2D eigenvalue weighted by Gasteiger charge is 2.16. The molecule has 4 heteroatoms. The molecule has 130 valence electrons. The number of rotatable bonds is 4. The Hall–Kier alpha value is -3.27. The summed E-state index contributed by atoms with van der Waals surface area (Å²) in [4.78, 5) is 4.88. The van der Waals surface area contributed by atoms with E-state index in [9.17, 15) is 0 Å². The molecule has 1 heterocycles. The number of benzene rings is 3. The molecule has 1 aromatic heterocycles. The van der Waals surface area contributed by atoms with Gasteiger partial charge in [-0.2, -0.15) is 0 Å². The smallest absolute Gasteiger partial charge is 0.161 e. The van der Waals surface area contributed by atoms with E-state index in [4.69, 9.17) is 14.5 Å². The SMILES string of the molecule is COc1ccc(-c2nc3ccccc3n2-c2ccc(C)cc2)cc1OC. The zero-order chi connectivity index (χ0) is 18.1. The first-order valence-corrected chi connectivity index (χ1v) is 8.48. The number of hydrogen-bond acceptors (Lipinski definition) is 3. The monoisotopic (exact) mass is 344 g/mol. The Bertz CT molecular complexity index is 1070. The quantitative estimate of drug-likeness (QED) is 0.522. The minimum absolute atomic E-state index is 0.688. The molecule has 3 aromatic carbocycles. The Morgan fingerprint density at radius 1 is 0.808 bits per heavy atom. The van der Waals surface area contributed by atoms with Crippen molar-refractivity contribution in [1.82, 2.24) is 9.55 Å². The van der Waals surface area contributed by atoms with E-state index in [1.165, 1.54) is 5.56 Å². The molecule has 4 rings (SSSR count). The Labute approximate surface area is 152 Å². The summed E-state index contributed by atoms with van der Waals surface area (Å²) in [5.41, 5.74) is 5.30. The molecule has 0 unspecified atom stereocenters. The van der Waals surface area contributed by atoms with Crippen molar-refractivity contribution in [3.63, 3.8) is 0 Å².